The first-order valence-corrected chi connectivity index (χ1v) is 10.7. The minimum atomic E-state index is -0.380. The van der Waals surface area contributed by atoms with E-state index < -0.39 is 0 Å². The number of benzene rings is 1. The van der Waals surface area contributed by atoms with Crippen LogP contribution in [0.2, 0.25) is 0 Å². The van der Waals surface area contributed by atoms with Gasteiger partial charge in [0, 0.05) is 17.9 Å². The molecule has 1 fully saturated rings. The third-order valence-electron chi connectivity index (χ3n) is 4.87. The minimum absolute atomic E-state index is 0.0724. The third kappa shape index (κ3) is 5.26. The number of carbonyl (C=O) groups is 2. The van der Waals surface area contributed by atoms with Crippen LogP contribution < -0.4 is 5.32 Å². The summed E-state index contributed by atoms with van der Waals surface area (Å²) in [5.74, 6) is 1.21. The van der Waals surface area contributed by atoms with Crippen LogP contribution in [0.25, 0.3) is 0 Å². The number of amides is 2. The quantitative estimate of drug-likeness (QED) is 0.747. The minimum Gasteiger partial charge on any atom is -0.324 e. The van der Waals surface area contributed by atoms with Crippen molar-refractivity contribution in [2.45, 2.75) is 71.7 Å². The maximum Gasteiger partial charge on any atom is 0.248 e. The van der Waals surface area contributed by atoms with Crippen LogP contribution in [0.15, 0.2) is 18.2 Å². The fourth-order valence-electron chi connectivity index (χ4n) is 3.19. The van der Waals surface area contributed by atoms with Crippen LogP contribution in [0.1, 0.15) is 57.6 Å². The molecule has 0 saturated carbocycles. The van der Waals surface area contributed by atoms with Crippen LogP contribution in [0.3, 0.4) is 0 Å². The smallest absolute Gasteiger partial charge is 0.248 e. The molecule has 0 aromatic heterocycles. The molecule has 1 heterocycles. The molecule has 1 aromatic carbocycles. The van der Waals surface area contributed by atoms with Crippen LogP contribution >= 0.6 is 11.8 Å². The number of hydrogen-bond acceptors (Lipinski definition) is 3. The van der Waals surface area contributed by atoms with Gasteiger partial charge in [-0.2, -0.15) is 0 Å². The predicted molar refractivity (Wildman–Crippen MR) is 110 cm³/mol. The van der Waals surface area contributed by atoms with Gasteiger partial charge in [0.05, 0.1) is 5.37 Å². The van der Waals surface area contributed by atoms with E-state index in [1.807, 2.05) is 30.0 Å². The number of unbranched alkanes of at least 4 members (excludes halogenated alkanes) is 1. The first-order valence-electron chi connectivity index (χ1n) is 9.64. The number of hydrogen-bond donors (Lipinski definition) is 1. The van der Waals surface area contributed by atoms with E-state index in [2.05, 4.69) is 33.0 Å². The third-order valence-corrected chi connectivity index (χ3v) is 6.19. The summed E-state index contributed by atoms with van der Waals surface area (Å²) < 4.78 is 0. The van der Waals surface area contributed by atoms with Crippen LogP contribution in [-0.2, 0) is 9.59 Å². The van der Waals surface area contributed by atoms with Gasteiger partial charge in [-0.05, 0) is 55.9 Å². The Labute approximate surface area is 162 Å². The fourth-order valence-corrected chi connectivity index (χ4v) is 4.85. The van der Waals surface area contributed by atoms with Gasteiger partial charge in [0.15, 0.2) is 0 Å². The lowest BCUT2D eigenvalue weighted by Gasteiger charge is -2.30. The molecule has 5 heteroatoms. The predicted octanol–water partition coefficient (Wildman–Crippen LogP) is 4.75. The Hall–Kier alpha value is -1.49. The van der Waals surface area contributed by atoms with Crippen molar-refractivity contribution in [3.63, 3.8) is 0 Å². The summed E-state index contributed by atoms with van der Waals surface area (Å²) in [7, 11) is 0. The largest absolute Gasteiger partial charge is 0.324 e. The van der Waals surface area contributed by atoms with E-state index in [0.717, 1.165) is 30.5 Å². The fraction of sp³-hybridized carbons (Fsp3) is 0.619. The summed E-state index contributed by atoms with van der Waals surface area (Å²) in [6.45, 7) is 10.5. The Morgan fingerprint density at radius 1 is 1.27 bits per heavy atom. The van der Waals surface area contributed by atoms with Crippen molar-refractivity contribution in [3.05, 3.63) is 29.3 Å². The molecule has 1 aliphatic heterocycles. The summed E-state index contributed by atoms with van der Waals surface area (Å²) in [5, 5.41) is 3.13. The lowest BCUT2D eigenvalue weighted by atomic mass is 10.1. The van der Waals surface area contributed by atoms with Crippen LogP contribution in [0, 0.1) is 19.8 Å². The Morgan fingerprint density at radius 3 is 2.62 bits per heavy atom. The highest BCUT2D eigenvalue weighted by Gasteiger charge is 2.41. The zero-order valence-electron chi connectivity index (χ0n) is 16.7. The second-order valence-corrected chi connectivity index (χ2v) is 8.84. The van der Waals surface area contributed by atoms with Gasteiger partial charge in [-0.15, -0.1) is 11.8 Å². The van der Waals surface area contributed by atoms with Gasteiger partial charge < -0.3 is 10.2 Å². The Balaban J connectivity index is 2.14. The number of aryl methyl sites for hydroxylation is 2. The molecule has 2 amide bonds. The standard InChI is InChI=1S/C21H32N2O2S/c1-6-7-8-19(24)23-18(13-26-20(23)11-14(2)3)21(25)22-17-10-9-15(4)16(5)12-17/h9-10,12,14,18,20H,6-8,11,13H2,1-5H3,(H,22,25). The molecule has 2 atom stereocenters. The van der Waals surface area contributed by atoms with Crippen molar-refractivity contribution in [1.29, 1.82) is 0 Å². The molecule has 26 heavy (non-hydrogen) atoms. The summed E-state index contributed by atoms with van der Waals surface area (Å²) in [6.07, 6.45) is 3.32. The zero-order valence-corrected chi connectivity index (χ0v) is 17.5. The number of carbonyl (C=O) groups excluding carboxylic acids is 2. The number of nitrogens with zero attached hydrogens (tertiary/aromatic N) is 1. The molecule has 1 aromatic rings. The van der Waals surface area contributed by atoms with Gasteiger partial charge in [0.1, 0.15) is 6.04 Å². The van der Waals surface area contributed by atoms with Crippen molar-refractivity contribution in [2.75, 3.05) is 11.1 Å². The summed E-state index contributed by atoms with van der Waals surface area (Å²) >= 11 is 1.74. The molecule has 1 aliphatic rings. The normalized spacial score (nSPS) is 19.8. The maximum absolute atomic E-state index is 12.9. The molecule has 1 saturated heterocycles. The highest BCUT2D eigenvalue weighted by Crippen LogP contribution is 2.34. The lowest BCUT2D eigenvalue weighted by Crippen LogP contribution is -2.48. The lowest BCUT2D eigenvalue weighted by molar-refractivity contribution is -0.138. The highest BCUT2D eigenvalue weighted by atomic mass is 32.2. The van der Waals surface area contributed by atoms with Gasteiger partial charge >= 0.3 is 0 Å². The van der Waals surface area contributed by atoms with Crippen molar-refractivity contribution >= 4 is 29.3 Å². The molecule has 2 rings (SSSR count). The van der Waals surface area contributed by atoms with Crippen molar-refractivity contribution in [3.8, 4) is 0 Å². The topological polar surface area (TPSA) is 49.4 Å². The zero-order chi connectivity index (χ0) is 19.3. The van der Waals surface area contributed by atoms with E-state index in [4.69, 9.17) is 0 Å². The molecule has 0 radical (unpaired) electrons. The first kappa shape index (κ1) is 20.8. The molecule has 4 nitrogen and oxygen atoms in total. The summed E-state index contributed by atoms with van der Waals surface area (Å²) in [5.41, 5.74) is 3.15. The van der Waals surface area contributed by atoms with Crippen LogP contribution in [-0.4, -0.2) is 33.9 Å². The van der Waals surface area contributed by atoms with E-state index in [-0.39, 0.29) is 23.2 Å². The Morgan fingerprint density at radius 2 is 2.00 bits per heavy atom. The molecular formula is C21H32N2O2S. The number of rotatable bonds is 7. The average molecular weight is 377 g/mol. The van der Waals surface area contributed by atoms with E-state index in [9.17, 15) is 9.59 Å². The Kier molecular flexibility index (Phi) is 7.56. The van der Waals surface area contributed by atoms with Gasteiger partial charge in [0.25, 0.3) is 0 Å². The molecule has 2 unspecified atom stereocenters. The van der Waals surface area contributed by atoms with E-state index in [0.29, 0.717) is 18.1 Å². The SMILES string of the molecule is CCCCC(=O)N1C(CC(C)C)SCC1C(=O)Nc1ccc(C)c(C)c1. The van der Waals surface area contributed by atoms with Crippen molar-refractivity contribution in [1.82, 2.24) is 4.90 Å². The van der Waals surface area contributed by atoms with Gasteiger partial charge in [0.2, 0.25) is 11.8 Å². The van der Waals surface area contributed by atoms with Crippen molar-refractivity contribution in [2.24, 2.45) is 5.92 Å². The van der Waals surface area contributed by atoms with Gasteiger partial charge in [-0.25, -0.2) is 0 Å². The van der Waals surface area contributed by atoms with Crippen LogP contribution in [0.4, 0.5) is 5.69 Å². The highest BCUT2D eigenvalue weighted by molar-refractivity contribution is 8.00. The van der Waals surface area contributed by atoms with Gasteiger partial charge in [-0.1, -0.05) is 33.3 Å². The molecule has 0 aliphatic carbocycles. The Bertz CT molecular complexity index is 645. The number of anilines is 1. The van der Waals surface area contributed by atoms with Crippen molar-refractivity contribution < 1.29 is 9.59 Å². The first-order chi connectivity index (χ1) is 12.3. The number of nitrogens with one attached hydrogen (secondary N) is 1. The molecule has 1 N–H and O–H groups in total. The molecule has 0 bridgehead atoms. The summed E-state index contributed by atoms with van der Waals surface area (Å²) in [4.78, 5) is 27.6. The molecule has 144 valence electrons. The van der Waals surface area contributed by atoms with E-state index in [1.165, 1.54) is 5.56 Å². The second kappa shape index (κ2) is 9.45. The monoisotopic (exact) mass is 376 g/mol. The van der Waals surface area contributed by atoms with E-state index in [1.54, 1.807) is 11.8 Å². The average Bonchev–Trinajstić information content (AvgIpc) is 2.99. The molecule has 0 spiro atoms. The van der Waals surface area contributed by atoms with Gasteiger partial charge in [-0.3, -0.25) is 9.59 Å². The molecular weight excluding hydrogens is 344 g/mol. The second-order valence-electron chi connectivity index (χ2n) is 7.63. The van der Waals surface area contributed by atoms with Crippen LogP contribution in [0.5, 0.6) is 0 Å². The maximum atomic E-state index is 12.9. The summed E-state index contributed by atoms with van der Waals surface area (Å²) in [6, 6.07) is 5.55. The number of thioether (sulfide) groups is 1. The van der Waals surface area contributed by atoms with E-state index >= 15 is 0 Å².